The topological polar surface area (TPSA) is 24.9 Å². The van der Waals surface area contributed by atoms with Crippen LogP contribution in [0.3, 0.4) is 0 Å². The Morgan fingerprint density at radius 3 is 2.42 bits per heavy atom. The van der Waals surface area contributed by atoms with E-state index in [1.165, 1.54) is 24.1 Å². The summed E-state index contributed by atoms with van der Waals surface area (Å²) in [6.45, 7) is 6.79. The van der Waals surface area contributed by atoms with E-state index in [0.29, 0.717) is 6.04 Å². The van der Waals surface area contributed by atoms with Crippen molar-refractivity contribution in [1.82, 2.24) is 4.98 Å². The van der Waals surface area contributed by atoms with E-state index < -0.39 is 0 Å². The molecule has 3 heteroatoms. The van der Waals surface area contributed by atoms with Crippen LogP contribution in [0.1, 0.15) is 33.6 Å². The third kappa shape index (κ3) is 4.35. The summed E-state index contributed by atoms with van der Waals surface area (Å²) in [5, 5.41) is 6.64. The van der Waals surface area contributed by atoms with Crippen molar-refractivity contribution in [2.24, 2.45) is 5.92 Å². The lowest BCUT2D eigenvalue weighted by atomic mass is 10.0. The molecule has 0 spiro atoms. The molecule has 0 amide bonds. The van der Waals surface area contributed by atoms with Crippen molar-refractivity contribution >= 4 is 17.0 Å². The molecule has 0 saturated heterocycles. The molecule has 0 aliphatic carbocycles. The van der Waals surface area contributed by atoms with Gasteiger partial charge in [-0.25, -0.2) is 4.98 Å². The minimum absolute atomic E-state index is 0.521. The van der Waals surface area contributed by atoms with Crippen LogP contribution in [0.2, 0.25) is 0 Å². The third-order valence-electron chi connectivity index (χ3n) is 3.15. The predicted molar refractivity (Wildman–Crippen MR) is 84.7 cm³/mol. The molecule has 0 fully saturated rings. The third-order valence-corrected chi connectivity index (χ3v) is 3.98. The van der Waals surface area contributed by atoms with Crippen molar-refractivity contribution in [3.63, 3.8) is 0 Å². The minimum Gasteiger partial charge on any atom is -0.383 e. The molecular formula is C16H22N2S. The predicted octanol–water partition coefficient (Wildman–Crippen LogP) is 5.05. The number of nitrogens with zero attached hydrogens (tertiary/aromatic N) is 1. The Morgan fingerprint density at radius 1 is 1.11 bits per heavy atom. The maximum absolute atomic E-state index is 4.32. The first-order chi connectivity index (χ1) is 9.15. The van der Waals surface area contributed by atoms with Gasteiger partial charge in [-0.05, 0) is 49.9 Å². The number of hydrogen-bond acceptors (Lipinski definition) is 3. The van der Waals surface area contributed by atoms with Crippen molar-refractivity contribution in [3.8, 4) is 10.6 Å². The van der Waals surface area contributed by atoms with Crippen LogP contribution in [0.15, 0.2) is 35.8 Å². The van der Waals surface area contributed by atoms with E-state index in [0.717, 1.165) is 10.9 Å². The van der Waals surface area contributed by atoms with Crippen molar-refractivity contribution in [2.45, 2.75) is 39.7 Å². The van der Waals surface area contributed by atoms with Crippen molar-refractivity contribution in [2.75, 3.05) is 5.32 Å². The van der Waals surface area contributed by atoms with Crippen LogP contribution in [0.5, 0.6) is 0 Å². The highest BCUT2D eigenvalue weighted by Crippen LogP contribution is 2.23. The van der Waals surface area contributed by atoms with Crippen LogP contribution in [0.4, 0.5) is 5.69 Å². The van der Waals surface area contributed by atoms with E-state index >= 15 is 0 Å². The fourth-order valence-corrected chi connectivity index (χ4v) is 2.66. The smallest absolute Gasteiger partial charge is 0.123 e. The van der Waals surface area contributed by atoms with E-state index in [4.69, 9.17) is 0 Å². The van der Waals surface area contributed by atoms with Crippen LogP contribution in [-0.2, 0) is 0 Å². The summed E-state index contributed by atoms with van der Waals surface area (Å²) < 4.78 is 0. The van der Waals surface area contributed by atoms with Gasteiger partial charge in [-0.3, -0.25) is 0 Å². The Labute approximate surface area is 119 Å². The lowest BCUT2D eigenvalue weighted by Gasteiger charge is -2.16. The zero-order valence-electron chi connectivity index (χ0n) is 11.9. The molecule has 0 aliphatic heterocycles. The fraction of sp³-hybridized carbons (Fsp3) is 0.438. The second-order valence-corrected chi connectivity index (χ2v) is 6.33. The van der Waals surface area contributed by atoms with Gasteiger partial charge >= 0.3 is 0 Å². The van der Waals surface area contributed by atoms with Gasteiger partial charge in [-0.1, -0.05) is 13.8 Å². The van der Waals surface area contributed by atoms with Gasteiger partial charge in [-0.15, -0.1) is 11.3 Å². The first-order valence-corrected chi connectivity index (χ1v) is 7.79. The summed E-state index contributed by atoms with van der Waals surface area (Å²) in [6.07, 6.45) is 4.33. The number of thiazole rings is 1. The van der Waals surface area contributed by atoms with Gasteiger partial charge in [0.05, 0.1) is 0 Å². The SMILES string of the molecule is CC(C)CCC(C)Nc1ccc(-c2nccs2)cc1. The molecule has 1 unspecified atom stereocenters. The molecule has 2 rings (SSSR count). The van der Waals surface area contributed by atoms with Crippen LogP contribution in [0.25, 0.3) is 10.6 Å². The monoisotopic (exact) mass is 274 g/mol. The molecule has 1 atom stereocenters. The van der Waals surface area contributed by atoms with E-state index in [1.807, 2.05) is 11.6 Å². The van der Waals surface area contributed by atoms with Gasteiger partial charge in [0.1, 0.15) is 5.01 Å². The number of aromatic nitrogens is 1. The van der Waals surface area contributed by atoms with Gasteiger partial charge in [0, 0.05) is 28.9 Å². The lowest BCUT2D eigenvalue weighted by molar-refractivity contribution is 0.528. The molecule has 1 aromatic heterocycles. The molecule has 0 bridgehead atoms. The average molecular weight is 274 g/mol. The van der Waals surface area contributed by atoms with Crippen molar-refractivity contribution in [1.29, 1.82) is 0 Å². The highest BCUT2D eigenvalue weighted by Gasteiger charge is 2.05. The number of anilines is 1. The number of rotatable bonds is 6. The molecule has 1 aromatic carbocycles. The Hall–Kier alpha value is -1.35. The zero-order chi connectivity index (χ0) is 13.7. The summed E-state index contributed by atoms with van der Waals surface area (Å²) in [7, 11) is 0. The number of benzene rings is 1. The summed E-state index contributed by atoms with van der Waals surface area (Å²) in [6, 6.07) is 9.07. The van der Waals surface area contributed by atoms with Crippen LogP contribution in [-0.4, -0.2) is 11.0 Å². The molecule has 0 aliphatic rings. The highest BCUT2D eigenvalue weighted by atomic mass is 32.1. The van der Waals surface area contributed by atoms with E-state index in [-0.39, 0.29) is 0 Å². The van der Waals surface area contributed by atoms with Crippen LogP contribution >= 0.6 is 11.3 Å². The van der Waals surface area contributed by atoms with Gasteiger partial charge in [-0.2, -0.15) is 0 Å². The Morgan fingerprint density at radius 2 is 1.84 bits per heavy atom. The molecule has 1 N–H and O–H groups in total. The van der Waals surface area contributed by atoms with E-state index in [1.54, 1.807) is 11.3 Å². The van der Waals surface area contributed by atoms with Gasteiger partial charge in [0.25, 0.3) is 0 Å². The molecule has 2 aromatic rings. The molecule has 19 heavy (non-hydrogen) atoms. The molecule has 0 radical (unpaired) electrons. The molecule has 102 valence electrons. The molecular weight excluding hydrogens is 252 g/mol. The maximum Gasteiger partial charge on any atom is 0.123 e. The summed E-state index contributed by atoms with van der Waals surface area (Å²) >= 11 is 1.68. The largest absolute Gasteiger partial charge is 0.383 e. The lowest BCUT2D eigenvalue weighted by Crippen LogP contribution is -2.15. The van der Waals surface area contributed by atoms with Crippen molar-refractivity contribution < 1.29 is 0 Å². The number of nitrogens with one attached hydrogen (secondary N) is 1. The minimum atomic E-state index is 0.521. The van der Waals surface area contributed by atoms with Gasteiger partial charge < -0.3 is 5.32 Å². The summed E-state index contributed by atoms with van der Waals surface area (Å²) in [5.41, 5.74) is 2.38. The quantitative estimate of drug-likeness (QED) is 0.797. The molecule has 2 nitrogen and oxygen atoms in total. The average Bonchev–Trinajstić information content (AvgIpc) is 2.91. The highest BCUT2D eigenvalue weighted by molar-refractivity contribution is 7.13. The Bertz CT molecular complexity index is 474. The standard InChI is InChI=1S/C16H22N2S/c1-12(2)4-5-13(3)18-15-8-6-14(7-9-15)16-17-10-11-19-16/h6-13,18H,4-5H2,1-3H3. The first kappa shape index (κ1) is 14.1. The zero-order valence-corrected chi connectivity index (χ0v) is 12.7. The first-order valence-electron chi connectivity index (χ1n) is 6.91. The Balaban J connectivity index is 1.92. The Kier molecular flexibility index (Phi) is 4.97. The van der Waals surface area contributed by atoms with E-state index in [9.17, 15) is 0 Å². The van der Waals surface area contributed by atoms with Crippen LogP contribution < -0.4 is 5.32 Å². The summed E-state index contributed by atoms with van der Waals surface area (Å²) in [5.74, 6) is 0.775. The fourth-order valence-electron chi connectivity index (χ4n) is 2.02. The van der Waals surface area contributed by atoms with Gasteiger partial charge in [0.15, 0.2) is 0 Å². The second-order valence-electron chi connectivity index (χ2n) is 5.43. The molecule has 1 heterocycles. The normalized spacial score (nSPS) is 12.6. The molecule has 0 saturated carbocycles. The van der Waals surface area contributed by atoms with E-state index in [2.05, 4.69) is 55.3 Å². The second kappa shape index (κ2) is 6.71. The van der Waals surface area contributed by atoms with Crippen LogP contribution in [0, 0.1) is 5.92 Å². The number of hydrogen-bond donors (Lipinski definition) is 1. The van der Waals surface area contributed by atoms with Gasteiger partial charge in [0.2, 0.25) is 0 Å². The summed E-state index contributed by atoms with van der Waals surface area (Å²) in [4.78, 5) is 4.32. The van der Waals surface area contributed by atoms with Crippen molar-refractivity contribution in [3.05, 3.63) is 35.8 Å². The maximum atomic E-state index is 4.32.